The van der Waals surface area contributed by atoms with Crippen molar-refractivity contribution in [2.75, 3.05) is 0 Å². The summed E-state index contributed by atoms with van der Waals surface area (Å²) in [5.41, 5.74) is 0.606. The molecule has 1 aliphatic heterocycles. The quantitative estimate of drug-likeness (QED) is 0.0591. The highest BCUT2D eigenvalue weighted by molar-refractivity contribution is 7.96. The van der Waals surface area contributed by atoms with Crippen molar-refractivity contribution in [2.24, 2.45) is 5.92 Å². The molecule has 1 N–H and O–H groups in total. The van der Waals surface area contributed by atoms with Crippen molar-refractivity contribution in [1.82, 2.24) is 4.90 Å². The Balaban J connectivity index is 1.66. The lowest BCUT2D eigenvalue weighted by Crippen LogP contribution is -2.70. The van der Waals surface area contributed by atoms with Gasteiger partial charge >= 0.3 is 5.97 Å². The van der Waals surface area contributed by atoms with Crippen LogP contribution < -0.4 is 15.9 Å². The molecule has 0 aliphatic carbocycles. The first-order valence-electron chi connectivity index (χ1n) is 16.0. The second-order valence-corrected chi connectivity index (χ2v) is 16.3. The molecular weight excluding hydrogens is 633 g/mol. The van der Waals surface area contributed by atoms with Gasteiger partial charge in [-0.05, 0) is 40.9 Å². The van der Waals surface area contributed by atoms with Crippen molar-refractivity contribution in [2.45, 2.75) is 38.5 Å². The standard InChI is InChI=1S/C41H38NO4PS/c1-41(2,45)37-35(28-36(48)31-20-10-4-11-21-31)42(38(37)43)39(40(44)46-29-30-18-8-3-9-19-30)47(32-22-12-5-13-23-32,33-24-14-6-15-25-33)34-26-16-7-17-27-34/h3-27,35,37,45H,28-29H2,1-2H3. The van der Waals surface area contributed by atoms with E-state index in [9.17, 15) is 14.7 Å². The van der Waals surface area contributed by atoms with E-state index >= 15 is 0 Å². The van der Waals surface area contributed by atoms with Gasteiger partial charge in [0.15, 0.2) is 0 Å². The van der Waals surface area contributed by atoms with E-state index in [0.717, 1.165) is 27.0 Å². The Labute approximate surface area is 287 Å². The highest BCUT2D eigenvalue weighted by atomic mass is 32.1. The van der Waals surface area contributed by atoms with Gasteiger partial charge in [0, 0.05) is 18.2 Å². The number of amides is 1. The summed E-state index contributed by atoms with van der Waals surface area (Å²) < 4.78 is 6.19. The zero-order chi connectivity index (χ0) is 33.7. The molecule has 7 heteroatoms. The Bertz CT molecular complexity index is 1840. The van der Waals surface area contributed by atoms with Crippen LogP contribution in [0.15, 0.2) is 152 Å². The molecule has 1 amide bonds. The summed E-state index contributed by atoms with van der Waals surface area (Å²) in [7, 11) is 0. The Hall–Kier alpha value is -4.61. The van der Waals surface area contributed by atoms with Gasteiger partial charge in [-0.1, -0.05) is 164 Å². The predicted octanol–water partition coefficient (Wildman–Crippen LogP) is 6.26. The topological polar surface area (TPSA) is 66.8 Å². The van der Waals surface area contributed by atoms with E-state index in [1.807, 2.05) is 152 Å². The van der Waals surface area contributed by atoms with Crippen LogP contribution in [0.3, 0.4) is 0 Å². The molecule has 2 atom stereocenters. The molecule has 6 rings (SSSR count). The van der Waals surface area contributed by atoms with Crippen molar-refractivity contribution in [1.29, 1.82) is 0 Å². The van der Waals surface area contributed by atoms with Gasteiger partial charge < -0.3 is 14.7 Å². The first-order chi connectivity index (χ1) is 23.2. The Morgan fingerprint density at radius 3 is 1.58 bits per heavy atom. The molecule has 0 spiro atoms. The van der Waals surface area contributed by atoms with Gasteiger partial charge in [-0.25, -0.2) is 4.79 Å². The monoisotopic (exact) mass is 671 g/mol. The van der Waals surface area contributed by atoms with Crippen LogP contribution in [0.4, 0.5) is 0 Å². The average molecular weight is 672 g/mol. The number of aliphatic hydroxyl groups is 1. The Kier molecular flexibility index (Phi) is 9.88. The normalized spacial score (nSPS) is 16.1. The molecule has 0 aromatic heterocycles. The van der Waals surface area contributed by atoms with Gasteiger partial charge in [-0.15, -0.1) is 0 Å². The van der Waals surface area contributed by atoms with E-state index in [-0.39, 0.29) is 24.4 Å². The number of hydrogen-bond donors (Lipinski definition) is 1. The van der Waals surface area contributed by atoms with Gasteiger partial charge in [0.05, 0.1) is 17.6 Å². The van der Waals surface area contributed by atoms with Crippen LogP contribution in [-0.2, 0) is 20.9 Å². The largest absolute Gasteiger partial charge is 0.456 e. The fourth-order valence-corrected chi connectivity index (χ4v) is 11.4. The number of thiocarbonyl (C=S) groups is 1. The molecule has 1 heterocycles. The zero-order valence-corrected chi connectivity index (χ0v) is 28.7. The van der Waals surface area contributed by atoms with Crippen LogP contribution >= 0.6 is 19.1 Å². The van der Waals surface area contributed by atoms with E-state index in [2.05, 4.69) is 0 Å². The summed E-state index contributed by atoms with van der Waals surface area (Å²) in [5, 5.41) is 14.1. The molecule has 1 aliphatic rings. The van der Waals surface area contributed by atoms with E-state index in [1.54, 1.807) is 18.7 Å². The fraction of sp³-hybridized carbons (Fsp3) is 0.171. The van der Waals surface area contributed by atoms with Gasteiger partial charge in [-0.3, -0.25) is 4.79 Å². The molecular formula is C41H38NO4PS. The molecule has 5 nitrogen and oxygen atoms in total. The summed E-state index contributed by atoms with van der Waals surface area (Å²) in [6.45, 7) is 0.216. The molecule has 2 unspecified atom stereocenters. The molecule has 1 fully saturated rings. The maximum atomic E-state index is 15.0. The van der Waals surface area contributed by atoms with Gasteiger partial charge in [0.1, 0.15) is 12.0 Å². The zero-order valence-electron chi connectivity index (χ0n) is 27.0. The minimum atomic E-state index is -3.11. The van der Waals surface area contributed by atoms with Crippen LogP contribution in [0, 0.1) is 5.92 Å². The van der Waals surface area contributed by atoms with E-state index in [4.69, 9.17) is 17.0 Å². The highest BCUT2D eigenvalue weighted by Crippen LogP contribution is 2.50. The summed E-state index contributed by atoms with van der Waals surface area (Å²) in [6.07, 6.45) is 0.285. The lowest BCUT2D eigenvalue weighted by atomic mass is 9.74. The lowest BCUT2D eigenvalue weighted by molar-refractivity contribution is -0.165. The van der Waals surface area contributed by atoms with Crippen LogP contribution in [0.25, 0.3) is 0 Å². The minimum absolute atomic E-state index is 0.0333. The third kappa shape index (κ3) is 6.44. The number of rotatable bonds is 11. The number of carbonyl (C=O) groups is 2. The number of carbonyl (C=O) groups excluding carboxylic acids is 2. The van der Waals surface area contributed by atoms with Crippen molar-refractivity contribution in [3.63, 3.8) is 0 Å². The first kappa shape index (κ1) is 33.3. The number of benzene rings is 5. The Morgan fingerprint density at radius 1 is 0.729 bits per heavy atom. The molecule has 242 valence electrons. The lowest BCUT2D eigenvalue weighted by Gasteiger charge is -2.53. The van der Waals surface area contributed by atoms with E-state index < -0.39 is 30.4 Å². The third-order valence-electron chi connectivity index (χ3n) is 8.84. The van der Waals surface area contributed by atoms with Gasteiger partial charge in [0.25, 0.3) is 0 Å². The predicted molar refractivity (Wildman–Crippen MR) is 200 cm³/mol. The SMILES string of the molecule is CC(C)(O)C1C(=O)N(C(C(=O)OCc2ccccc2)=P(c2ccccc2)(c2ccccc2)c2ccccc2)C1CC(=S)c1ccccc1. The van der Waals surface area contributed by atoms with E-state index in [1.165, 1.54) is 0 Å². The van der Waals surface area contributed by atoms with E-state index in [0.29, 0.717) is 4.86 Å². The number of nitrogens with zero attached hydrogens (tertiary/aromatic N) is 1. The van der Waals surface area contributed by atoms with Crippen molar-refractivity contribution in [3.8, 4) is 0 Å². The number of esters is 1. The summed E-state index contributed by atoms with van der Waals surface area (Å²) >= 11 is 5.97. The second kappa shape index (κ2) is 14.2. The van der Waals surface area contributed by atoms with Crippen molar-refractivity contribution >= 4 is 57.2 Å². The molecule has 5 aromatic rings. The number of ether oxygens (including phenoxy) is 1. The first-order valence-corrected chi connectivity index (χ1v) is 18.2. The summed E-state index contributed by atoms with van der Waals surface area (Å²) in [4.78, 5) is 31.9. The van der Waals surface area contributed by atoms with Crippen LogP contribution in [0.2, 0.25) is 0 Å². The van der Waals surface area contributed by atoms with Crippen molar-refractivity contribution < 1.29 is 19.4 Å². The van der Waals surface area contributed by atoms with Gasteiger partial charge in [0.2, 0.25) is 5.91 Å². The van der Waals surface area contributed by atoms with Crippen LogP contribution in [0.1, 0.15) is 31.4 Å². The second-order valence-electron chi connectivity index (χ2n) is 12.5. The average Bonchev–Trinajstić information content (AvgIpc) is 3.12. The van der Waals surface area contributed by atoms with Crippen LogP contribution in [0.5, 0.6) is 0 Å². The molecule has 1 saturated heterocycles. The number of hydrogen-bond acceptors (Lipinski definition) is 5. The molecule has 48 heavy (non-hydrogen) atoms. The smallest absolute Gasteiger partial charge is 0.356 e. The van der Waals surface area contributed by atoms with Crippen LogP contribution in [-0.4, -0.2) is 43.8 Å². The molecule has 0 bridgehead atoms. The number of β-lactam (4-membered cyclic amide) rings is 1. The maximum Gasteiger partial charge on any atom is 0.356 e. The highest BCUT2D eigenvalue weighted by Gasteiger charge is 2.58. The molecule has 0 saturated carbocycles. The minimum Gasteiger partial charge on any atom is -0.456 e. The fourth-order valence-electron chi connectivity index (χ4n) is 6.67. The summed E-state index contributed by atoms with van der Waals surface area (Å²) in [5.74, 6) is -1.70. The Morgan fingerprint density at radius 2 is 1.15 bits per heavy atom. The third-order valence-corrected chi connectivity index (χ3v) is 13.5. The number of likely N-dealkylation sites (tertiary alicyclic amines) is 1. The maximum absolute atomic E-state index is 15.0. The van der Waals surface area contributed by atoms with Gasteiger partial charge in [-0.2, -0.15) is 0 Å². The summed E-state index contributed by atoms with van der Waals surface area (Å²) in [6, 6.07) is 48.4. The van der Waals surface area contributed by atoms with Crippen molar-refractivity contribution in [3.05, 3.63) is 163 Å². The molecule has 5 aromatic carbocycles. The molecule has 0 radical (unpaired) electrons.